The lowest BCUT2D eigenvalue weighted by atomic mass is 10.4. The molecular formula is C9H17Cl2N3O2. The molecule has 0 amide bonds. The van der Waals surface area contributed by atoms with Gasteiger partial charge < -0.3 is 20.9 Å². The zero-order valence-electron chi connectivity index (χ0n) is 9.01. The van der Waals surface area contributed by atoms with Crippen LogP contribution in [0.4, 0.5) is 11.4 Å². The molecule has 0 saturated heterocycles. The molecule has 5 nitrogen and oxygen atoms in total. The van der Waals surface area contributed by atoms with Gasteiger partial charge in [-0.2, -0.15) is 0 Å². The van der Waals surface area contributed by atoms with Gasteiger partial charge >= 0.3 is 0 Å². The molecule has 16 heavy (non-hydrogen) atoms. The molecule has 0 aliphatic carbocycles. The monoisotopic (exact) mass is 269 g/mol. The van der Waals surface area contributed by atoms with E-state index in [1.165, 1.54) is 6.20 Å². The second kappa shape index (κ2) is 9.33. The second-order valence-electron chi connectivity index (χ2n) is 2.71. The van der Waals surface area contributed by atoms with Crippen molar-refractivity contribution in [1.29, 1.82) is 0 Å². The summed E-state index contributed by atoms with van der Waals surface area (Å²) < 4.78 is 10.4. The Morgan fingerprint density at radius 3 is 2.50 bits per heavy atom. The van der Waals surface area contributed by atoms with Crippen molar-refractivity contribution >= 4 is 36.2 Å². The summed E-state index contributed by atoms with van der Waals surface area (Å²) in [6.07, 6.45) is 1.51. The van der Waals surface area contributed by atoms with Crippen LogP contribution in [0.5, 0.6) is 5.88 Å². The van der Waals surface area contributed by atoms with Gasteiger partial charge in [0.25, 0.3) is 0 Å². The van der Waals surface area contributed by atoms with Crippen LogP contribution in [0.2, 0.25) is 0 Å². The summed E-state index contributed by atoms with van der Waals surface area (Å²) in [5.41, 5.74) is 12.1. The summed E-state index contributed by atoms with van der Waals surface area (Å²) in [5, 5.41) is 0. The zero-order valence-corrected chi connectivity index (χ0v) is 10.6. The van der Waals surface area contributed by atoms with Crippen molar-refractivity contribution in [1.82, 2.24) is 4.98 Å². The molecule has 1 aromatic heterocycles. The quantitative estimate of drug-likeness (QED) is 0.792. The number of rotatable bonds is 5. The molecule has 1 rings (SSSR count). The lowest BCUT2D eigenvalue weighted by Gasteiger charge is -2.07. The van der Waals surface area contributed by atoms with Crippen molar-refractivity contribution in [2.45, 2.75) is 6.92 Å². The van der Waals surface area contributed by atoms with Gasteiger partial charge in [0.2, 0.25) is 5.88 Å². The van der Waals surface area contributed by atoms with Gasteiger partial charge in [-0.05, 0) is 13.0 Å². The molecule has 0 bridgehead atoms. The van der Waals surface area contributed by atoms with E-state index < -0.39 is 0 Å². The second-order valence-corrected chi connectivity index (χ2v) is 2.71. The van der Waals surface area contributed by atoms with Crippen LogP contribution in [-0.4, -0.2) is 24.8 Å². The molecule has 0 radical (unpaired) electrons. The number of nitrogen functional groups attached to an aromatic ring is 2. The fraction of sp³-hybridized carbons (Fsp3) is 0.444. The van der Waals surface area contributed by atoms with E-state index in [0.717, 1.165) is 0 Å². The first kappa shape index (κ1) is 17.5. The molecule has 0 aliphatic heterocycles. The van der Waals surface area contributed by atoms with Crippen molar-refractivity contribution in [3.8, 4) is 5.88 Å². The SMILES string of the molecule is CCOCCOc1ncc(N)cc1N.Cl.Cl. The molecule has 0 unspecified atom stereocenters. The largest absolute Gasteiger partial charge is 0.474 e. The molecule has 94 valence electrons. The minimum absolute atomic E-state index is 0. The van der Waals surface area contributed by atoms with Crippen molar-refractivity contribution in [3.05, 3.63) is 12.3 Å². The molecule has 7 heteroatoms. The average Bonchev–Trinajstić information content (AvgIpc) is 2.15. The van der Waals surface area contributed by atoms with Crippen LogP contribution in [-0.2, 0) is 4.74 Å². The van der Waals surface area contributed by atoms with Gasteiger partial charge in [-0.15, -0.1) is 24.8 Å². The third kappa shape index (κ3) is 5.85. The van der Waals surface area contributed by atoms with E-state index in [1.54, 1.807) is 6.07 Å². The summed E-state index contributed by atoms with van der Waals surface area (Å²) in [5.74, 6) is 0.402. The van der Waals surface area contributed by atoms with Gasteiger partial charge in [-0.25, -0.2) is 4.98 Å². The van der Waals surface area contributed by atoms with Crippen LogP contribution in [0.25, 0.3) is 0 Å². The predicted molar refractivity (Wildman–Crippen MR) is 69.5 cm³/mol. The van der Waals surface area contributed by atoms with E-state index >= 15 is 0 Å². The molecule has 1 aromatic rings. The Balaban J connectivity index is 0. The van der Waals surface area contributed by atoms with Crippen molar-refractivity contribution < 1.29 is 9.47 Å². The number of aromatic nitrogens is 1. The fourth-order valence-corrected chi connectivity index (χ4v) is 0.948. The average molecular weight is 270 g/mol. The minimum Gasteiger partial charge on any atom is -0.474 e. The van der Waals surface area contributed by atoms with Crippen LogP contribution in [0.3, 0.4) is 0 Å². The van der Waals surface area contributed by atoms with Gasteiger partial charge in [0.1, 0.15) is 6.61 Å². The smallest absolute Gasteiger partial charge is 0.237 e. The number of halogens is 2. The summed E-state index contributed by atoms with van der Waals surface area (Å²) in [6, 6.07) is 1.61. The predicted octanol–water partition coefficient (Wildman–Crippen LogP) is 1.50. The normalized spacial score (nSPS) is 8.81. The summed E-state index contributed by atoms with van der Waals surface area (Å²) in [6.45, 7) is 3.57. The molecule has 0 aliphatic rings. The Bertz CT molecular complexity index is 300. The maximum Gasteiger partial charge on any atom is 0.237 e. The van der Waals surface area contributed by atoms with Crippen LogP contribution < -0.4 is 16.2 Å². The van der Waals surface area contributed by atoms with E-state index in [4.69, 9.17) is 20.9 Å². The molecule has 4 N–H and O–H groups in total. The van der Waals surface area contributed by atoms with Crippen LogP contribution in [0.1, 0.15) is 6.92 Å². The number of hydrogen-bond donors (Lipinski definition) is 2. The molecule has 0 fully saturated rings. The van der Waals surface area contributed by atoms with Gasteiger partial charge in [-0.3, -0.25) is 0 Å². The first-order valence-electron chi connectivity index (χ1n) is 4.45. The number of pyridine rings is 1. The summed E-state index contributed by atoms with van der Waals surface area (Å²) in [7, 11) is 0. The van der Waals surface area contributed by atoms with E-state index in [1.807, 2.05) is 6.92 Å². The van der Waals surface area contributed by atoms with E-state index in [0.29, 0.717) is 37.1 Å². The highest BCUT2D eigenvalue weighted by atomic mass is 35.5. The highest BCUT2D eigenvalue weighted by Gasteiger charge is 2.01. The number of nitrogens with two attached hydrogens (primary N) is 2. The van der Waals surface area contributed by atoms with Gasteiger partial charge in [-0.1, -0.05) is 0 Å². The fourth-order valence-electron chi connectivity index (χ4n) is 0.948. The Kier molecular flexibility index (Phi) is 10.2. The summed E-state index contributed by atoms with van der Waals surface area (Å²) in [4.78, 5) is 3.95. The van der Waals surface area contributed by atoms with Gasteiger partial charge in [0.05, 0.1) is 24.2 Å². The third-order valence-electron chi connectivity index (χ3n) is 1.57. The van der Waals surface area contributed by atoms with Crippen LogP contribution in [0.15, 0.2) is 12.3 Å². The molecule has 0 atom stereocenters. The zero-order chi connectivity index (χ0) is 10.4. The minimum atomic E-state index is 0. The lowest BCUT2D eigenvalue weighted by molar-refractivity contribution is 0.109. The molecule has 0 saturated carbocycles. The topological polar surface area (TPSA) is 83.4 Å². The Morgan fingerprint density at radius 1 is 1.25 bits per heavy atom. The lowest BCUT2D eigenvalue weighted by Crippen LogP contribution is -2.08. The number of anilines is 2. The number of nitrogens with zero attached hydrogens (tertiary/aromatic N) is 1. The first-order valence-corrected chi connectivity index (χ1v) is 4.45. The molecular weight excluding hydrogens is 253 g/mol. The van der Waals surface area contributed by atoms with E-state index in [-0.39, 0.29) is 24.8 Å². The Hall–Kier alpha value is -0.910. The van der Waals surface area contributed by atoms with Gasteiger partial charge in [0, 0.05) is 6.61 Å². The Labute approximate surface area is 107 Å². The van der Waals surface area contributed by atoms with Crippen molar-refractivity contribution in [2.24, 2.45) is 0 Å². The van der Waals surface area contributed by atoms with Crippen molar-refractivity contribution in [3.63, 3.8) is 0 Å². The summed E-state index contributed by atoms with van der Waals surface area (Å²) >= 11 is 0. The highest BCUT2D eigenvalue weighted by Crippen LogP contribution is 2.19. The third-order valence-corrected chi connectivity index (χ3v) is 1.57. The van der Waals surface area contributed by atoms with E-state index in [9.17, 15) is 0 Å². The number of ether oxygens (including phenoxy) is 2. The first-order chi connectivity index (χ1) is 6.74. The maximum absolute atomic E-state index is 5.63. The van der Waals surface area contributed by atoms with Crippen molar-refractivity contribution in [2.75, 3.05) is 31.3 Å². The Morgan fingerprint density at radius 2 is 1.94 bits per heavy atom. The standard InChI is InChI=1S/C9H15N3O2.2ClH/c1-2-13-3-4-14-9-8(11)5-7(10)6-12-9;;/h5-6H,2-4,10-11H2,1H3;2*1H. The van der Waals surface area contributed by atoms with Gasteiger partial charge in [0.15, 0.2) is 0 Å². The van der Waals surface area contributed by atoms with E-state index in [2.05, 4.69) is 4.98 Å². The van der Waals surface area contributed by atoms with Crippen LogP contribution in [0, 0.1) is 0 Å². The molecule has 0 aromatic carbocycles. The number of hydrogen-bond acceptors (Lipinski definition) is 5. The molecule has 0 spiro atoms. The highest BCUT2D eigenvalue weighted by molar-refractivity contribution is 5.85. The molecule has 1 heterocycles. The maximum atomic E-state index is 5.63. The van der Waals surface area contributed by atoms with Crippen LogP contribution >= 0.6 is 24.8 Å².